The van der Waals surface area contributed by atoms with Crippen LogP contribution >= 0.6 is 0 Å². The second-order valence-electron chi connectivity index (χ2n) is 7.27. The number of para-hydroxylation sites is 1. The minimum absolute atomic E-state index is 0.635. The van der Waals surface area contributed by atoms with Crippen molar-refractivity contribution in [3.05, 3.63) is 90.3 Å². The molecule has 0 aliphatic rings. The van der Waals surface area contributed by atoms with Crippen LogP contribution in [-0.2, 0) is 0 Å². The summed E-state index contributed by atoms with van der Waals surface area (Å²) < 4.78 is 7.71. The van der Waals surface area contributed by atoms with Gasteiger partial charge in [-0.15, -0.1) is 0 Å². The number of hydrogen-bond acceptors (Lipinski definition) is 3. The van der Waals surface area contributed by atoms with Crippen LogP contribution in [0.3, 0.4) is 0 Å². The van der Waals surface area contributed by atoms with Gasteiger partial charge in [0.25, 0.3) is 0 Å². The highest BCUT2D eigenvalue weighted by Crippen LogP contribution is 2.36. The van der Waals surface area contributed by atoms with Crippen molar-refractivity contribution in [1.29, 1.82) is 5.26 Å². The van der Waals surface area contributed by atoms with E-state index in [-0.39, 0.29) is 0 Å². The minimum atomic E-state index is 0.635. The Morgan fingerprint density at radius 1 is 0.900 bits per heavy atom. The first-order chi connectivity index (χ1) is 14.7. The topological polar surface area (TPSA) is 50.8 Å². The molecular formula is C26H19N3O. The monoisotopic (exact) mass is 389 g/mol. The van der Waals surface area contributed by atoms with E-state index in [0.29, 0.717) is 5.56 Å². The molecule has 0 radical (unpaired) electrons. The molecule has 0 aliphatic carbocycles. The van der Waals surface area contributed by atoms with Crippen molar-refractivity contribution in [2.75, 3.05) is 7.11 Å². The maximum absolute atomic E-state index is 9.91. The molecule has 4 nitrogen and oxygen atoms in total. The molecule has 30 heavy (non-hydrogen) atoms. The Bertz CT molecular complexity index is 1440. The summed E-state index contributed by atoms with van der Waals surface area (Å²) in [6.07, 6.45) is 3.50. The molecule has 5 rings (SSSR count). The van der Waals surface area contributed by atoms with E-state index in [9.17, 15) is 5.26 Å². The van der Waals surface area contributed by atoms with Crippen molar-refractivity contribution in [2.45, 2.75) is 6.92 Å². The van der Waals surface area contributed by atoms with E-state index >= 15 is 0 Å². The number of hydrogen-bond donors (Lipinski definition) is 0. The predicted molar refractivity (Wildman–Crippen MR) is 120 cm³/mol. The molecular weight excluding hydrogens is 370 g/mol. The van der Waals surface area contributed by atoms with Gasteiger partial charge < -0.3 is 9.30 Å². The number of rotatable bonds is 3. The van der Waals surface area contributed by atoms with Gasteiger partial charge in [0.2, 0.25) is 0 Å². The van der Waals surface area contributed by atoms with Crippen LogP contribution in [0, 0.1) is 18.3 Å². The van der Waals surface area contributed by atoms with Gasteiger partial charge >= 0.3 is 0 Å². The molecule has 4 heteroatoms. The molecule has 0 fully saturated rings. The molecule has 0 saturated carbocycles. The summed E-state index contributed by atoms with van der Waals surface area (Å²) in [5.41, 5.74) is 6.77. The molecule has 0 N–H and O–H groups in total. The standard InChI is InChI=1S/C26H19N3O/c1-17-13-23(18-9-11-28-12-10-18)19(16-27)14-25(17)29-24-6-4-3-5-21(24)22-8-7-20(30-2)15-26(22)29/h3-15H,1-2H3. The molecule has 144 valence electrons. The van der Waals surface area contributed by atoms with Crippen molar-refractivity contribution in [3.63, 3.8) is 0 Å². The van der Waals surface area contributed by atoms with Crippen LogP contribution in [-0.4, -0.2) is 16.7 Å². The van der Waals surface area contributed by atoms with Crippen molar-refractivity contribution in [3.8, 4) is 28.6 Å². The summed E-state index contributed by atoms with van der Waals surface area (Å²) >= 11 is 0. The number of pyridine rings is 1. The highest BCUT2D eigenvalue weighted by Gasteiger charge is 2.17. The summed E-state index contributed by atoms with van der Waals surface area (Å²) in [4.78, 5) is 4.09. The van der Waals surface area contributed by atoms with Crippen molar-refractivity contribution < 1.29 is 4.74 Å². The zero-order valence-electron chi connectivity index (χ0n) is 16.8. The molecule has 5 aromatic rings. The second-order valence-corrected chi connectivity index (χ2v) is 7.27. The van der Waals surface area contributed by atoms with Crippen LogP contribution in [0.5, 0.6) is 5.75 Å². The maximum atomic E-state index is 9.91. The molecule has 0 amide bonds. The van der Waals surface area contributed by atoms with E-state index in [1.165, 1.54) is 5.39 Å². The lowest BCUT2D eigenvalue weighted by Gasteiger charge is -2.15. The maximum Gasteiger partial charge on any atom is 0.120 e. The largest absolute Gasteiger partial charge is 0.497 e. The lowest BCUT2D eigenvalue weighted by atomic mass is 9.97. The number of methoxy groups -OCH3 is 1. The van der Waals surface area contributed by atoms with Crippen LogP contribution in [0.15, 0.2) is 79.1 Å². The van der Waals surface area contributed by atoms with Gasteiger partial charge in [-0.1, -0.05) is 18.2 Å². The van der Waals surface area contributed by atoms with Gasteiger partial charge in [0.1, 0.15) is 5.75 Å². The Labute approximate surface area is 174 Å². The summed E-state index contributed by atoms with van der Waals surface area (Å²) in [6.45, 7) is 2.09. The fourth-order valence-electron chi connectivity index (χ4n) is 4.14. The normalized spacial score (nSPS) is 11.0. The molecule has 0 aliphatic heterocycles. The molecule has 0 unspecified atom stereocenters. The number of nitrogens with zero attached hydrogens (tertiary/aromatic N) is 3. The molecule has 0 saturated heterocycles. The average Bonchev–Trinajstić information content (AvgIpc) is 3.13. The molecule has 0 atom stereocenters. The van der Waals surface area contributed by atoms with Crippen LogP contribution in [0.1, 0.15) is 11.1 Å². The van der Waals surface area contributed by atoms with Gasteiger partial charge in [0.15, 0.2) is 0 Å². The third-order valence-electron chi connectivity index (χ3n) is 5.57. The first kappa shape index (κ1) is 18.0. The number of aromatic nitrogens is 2. The Balaban J connectivity index is 1.85. The fourth-order valence-corrected chi connectivity index (χ4v) is 4.14. The van der Waals surface area contributed by atoms with E-state index in [0.717, 1.165) is 44.5 Å². The van der Waals surface area contributed by atoms with Crippen molar-refractivity contribution >= 4 is 21.8 Å². The lowest BCUT2D eigenvalue weighted by molar-refractivity contribution is 0.415. The number of aryl methyl sites for hydroxylation is 1. The number of fused-ring (bicyclic) bond motifs is 3. The number of ether oxygens (including phenoxy) is 1. The Morgan fingerprint density at radius 2 is 1.67 bits per heavy atom. The Hall–Kier alpha value is -4.10. The summed E-state index contributed by atoms with van der Waals surface area (Å²) in [5, 5.41) is 12.2. The first-order valence-electron chi connectivity index (χ1n) is 9.74. The molecule has 2 aromatic heterocycles. The number of benzene rings is 3. The van der Waals surface area contributed by atoms with Gasteiger partial charge in [-0.25, -0.2) is 0 Å². The minimum Gasteiger partial charge on any atom is -0.497 e. The molecule has 0 bridgehead atoms. The van der Waals surface area contributed by atoms with E-state index in [1.807, 2.05) is 30.3 Å². The Morgan fingerprint density at radius 3 is 2.43 bits per heavy atom. The molecule has 3 aromatic carbocycles. The third-order valence-corrected chi connectivity index (χ3v) is 5.57. The fraction of sp³-hybridized carbons (Fsp3) is 0.0769. The zero-order valence-corrected chi connectivity index (χ0v) is 16.8. The van der Waals surface area contributed by atoms with Gasteiger partial charge in [-0.2, -0.15) is 5.26 Å². The smallest absolute Gasteiger partial charge is 0.120 e. The predicted octanol–water partition coefficient (Wildman–Crippen LogP) is 6.03. The highest BCUT2D eigenvalue weighted by atomic mass is 16.5. The van der Waals surface area contributed by atoms with E-state index in [1.54, 1.807) is 19.5 Å². The SMILES string of the molecule is COc1ccc2c3ccccc3n(-c3cc(C#N)c(-c4ccncc4)cc3C)c2c1. The number of nitriles is 1. The van der Waals surface area contributed by atoms with Crippen LogP contribution in [0.2, 0.25) is 0 Å². The Kier molecular flexibility index (Phi) is 4.22. The first-order valence-corrected chi connectivity index (χ1v) is 9.74. The zero-order chi connectivity index (χ0) is 20.7. The quantitative estimate of drug-likeness (QED) is 0.378. The summed E-state index contributed by atoms with van der Waals surface area (Å²) in [5.74, 6) is 0.804. The third kappa shape index (κ3) is 2.72. The lowest BCUT2D eigenvalue weighted by Crippen LogP contribution is -2.00. The van der Waals surface area contributed by atoms with E-state index in [4.69, 9.17) is 4.74 Å². The second kappa shape index (κ2) is 7.06. The highest BCUT2D eigenvalue weighted by molar-refractivity contribution is 6.09. The van der Waals surface area contributed by atoms with E-state index < -0.39 is 0 Å². The molecule has 2 heterocycles. The van der Waals surface area contributed by atoms with Crippen LogP contribution in [0.4, 0.5) is 0 Å². The van der Waals surface area contributed by atoms with Gasteiger partial charge in [0.05, 0.1) is 35.5 Å². The van der Waals surface area contributed by atoms with Crippen molar-refractivity contribution in [2.24, 2.45) is 0 Å². The summed E-state index contributed by atoms with van der Waals surface area (Å²) in [6, 6.07) is 24.8. The summed E-state index contributed by atoms with van der Waals surface area (Å²) in [7, 11) is 1.68. The van der Waals surface area contributed by atoms with Gasteiger partial charge in [0, 0.05) is 29.2 Å². The average molecular weight is 389 g/mol. The van der Waals surface area contributed by atoms with Gasteiger partial charge in [-0.05, 0) is 66.1 Å². The van der Waals surface area contributed by atoms with Crippen LogP contribution < -0.4 is 4.74 Å². The van der Waals surface area contributed by atoms with Crippen molar-refractivity contribution in [1.82, 2.24) is 9.55 Å². The van der Waals surface area contributed by atoms with E-state index in [2.05, 4.69) is 58.9 Å². The van der Waals surface area contributed by atoms with Gasteiger partial charge in [-0.3, -0.25) is 4.98 Å². The van der Waals surface area contributed by atoms with Crippen LogP contribution in [0.25, 0.3) is 38.6 Å². The molecule has 0 spiro atoms.